The summed E-state index contributed by atoms with van der Waals surface area (Å²) >= 11 is 0. The normalized spacial score (nSPS) is 11.8. The molecule has 0 radical (unpaired) electrons. The van der Waals surface area contributed by atoms with Crippen molar-refractivity contribution in [1.29, 1.82) is 0 Å². The van der Waals surface area contributed by atoms with Crippen molar-refractivity contribution in [2.24, 2.45) is 0 Å². The highest BCUT2D eigenvalue weighted by atomic mass is 16.1. The number of para-hydroxylation sites is 1. The number of carbonyl (C=O) groups is 1. The minimum Gasteiger partial charge on any atom is -0.381 e. The lowest BCUT2D eigenvalue weighted by Crippen LogP contribution is -2.15. The highest BCUT2D eigenvalue weighted by Gasteiger charge is 2.15. The minimum atomic E-state index is 0.714. The van der Waals surface area contributed by atoms with E-state index in [1.807, 2.05) is 51.2 Å². The van der Waals surface area contributed by atoms with Gasteiger partial charge in [0.1, 0.15) is 0 Å². The fourth-order valence-corrected chi connectivity index (χ4v) is 2.65. The zero-order valence-corrected chi connectivity index (χ0v) is 15.4. The fraction of sp³-hybridized carbons (Fsp3) is 0.286. The Kier molecular flexibility index (Phi) is 5.45. The molecule has 126 valence electrons. The Morgan fingerprint density at radius 3 is 2.21 bits per heavy atom. The number of nitrogens with zero attached hydrogens (tertiary/aromatic N) is 2. The third-order valence-electron chi connectivity index (χ3n) is 4.61. The molecule has 0 atom stereocenters. The van der Waals surface area contributed by atoms with E-state index in [0.29, 0.717) is 5.57 Å². The second kappa shape index (κ2) is 7.35. The molecule has 2 aromatic carbocycles. The molecule has 0 saturated heterocycles. The van der Waals surface area contributed by atoms with E-state index < -0.39 is 0 Å². The van der Waals surface area contributed by atoms with Crippen LogP contribution in [0.25, 0.3) is 5.57 Å². The topological polar surface area (TPSA) is 23.6 Å². The van der Waals surface area contributed by atoms with Crippen LogP contribution in [-0.4, -0.2) is 32.3 Å². The van der Waals surface area contributed by atoms with Gasteiger partial charge in [-0.2, -0.15) is 0 Å². The van der Waals surface area contributed by atoms with Gasteiger partial charge in [-0.05, 0) is 50.1 Å². The largest absolute Gasteiger partial charge is 0.381 e. The third-order valence-corrected chi connectivity index (χ3v) is 4.61. The lowest BCUT2D eigenvalue weighted by molar-refractivity contribution is -0.103. The van der Waals surface area contributed by atoms with E-state index in [-0.39, 0.29) is 0 Å². The number of benzene rings is 2. The summed E-state index contributed by atoms with van der Waals surface area (Å²) in [5, 5.41) is 0. The van der Waals surface area contributed by atoms with Gasteiger partial charge in [-0.3, -0.25) is 4.79 Å². The Balaban J connectivity index is 2.58. The molecule has 0 heterocycles. The van der Waals surface area contributed by atoms with Crippen molar-refractivity contribution in [3.05, 3.63) is 64.9 Å². The van der Waals surface area contributed by atoms with Crippen LogP contribution in [0.15, 0.2) is 48.2 Å². The number of aldehydes is 1. The molecular formula is C21H26N2O. The van der Waals surface area contributed by atoms with Crippen LogP contribution in [0, 0.1) is 13.8 Å². The van der Waals surface area contributed by atoms with E-state index in [1.54, 1.807) is 0 Å². The fourth-order valence-electron chi connectivity index (χ4n) is 2.65. The van der Waals surface area contributed by atoms with Crippen LogP contribution >= 0.6 is 0 Å². The molecule has 0 N–H and O–H groups in total. The summed E-state index contributed by atoms with van der Waals surface area (Å²) in [5.74, 6) is 0. The Bertz CT molecular complexity index is 775. The summed E-state index contributed by atoms with van der Waals surface area (Å²) in [5.41, 5.74) is 7.27. The van der Waals surface area contributed by atoms with Crippen molar-refractivity contribution in [3.63, 3.8) is 0 Å². The summed E-state index contributed by atoms with van der Waals surface area (Å²) in [6, 6.07) is 14.5. The van der Waals surface area contributed by atoms with Crippen molar-refractivity contribution < 1.29 is 4.79 Å². The third kappa shape index (κ3) is 3.51. The molecule has 0 saturated carbocycles. The van der Waals surface area contributed by atoms with Gasteiger partial charge >= 0.3 is 0 Å². The first-order valence-electron chi connectivity index (χ1n) is 8.10. The zero-order chi connectivity index (χ0) is 17.9. The van der Waals surface area contributed by atoms with Gasteiger partial charge in [0.05, 0.1) is 0 Å². The Hall–Kier alpha value is -2.55. The molecule has 0 amide bonds. The summed E-state index contributed by atoms with van der Waals surface area (Å²) in [7, 11) is 5.94. The summed E-state index contributed by atoms with van der Waals surface area (Å²) in [6.07, 6.45) is 0.947. The Morgan fingerprint density at radius 2 is 1.62 bits per heavy atom. The number of hydrogen-bond acceptors (Lipinski definition) is 3. The molecule has 0 spiro atoms. The first-order valence-corrected chi connectivity index (χ1v) is 8.10. The van der Waals surface area contributed by atoms with E-state index in [9.17, 15) is 4.79 Å². The van der Waals surface area contributed by atoms with Gasteiger partial charge in [-0.1, -0.05) is 24.3 Å². The second-order valence-electron chi connectivity index (χ2n) is 6.36. The quantitative estimate of drug-likeness (QED) is 0.595. The predicted octanol–water partition coefficient (Wildman–Crippen LogP) is 4.56. The van der Waals surface area contributed by atoms with Crippen LogP contribution in [0.3, 0.4) is 0 Å². The van der Waals surface area contributed by atoms with E-state index in [0.717, 1.165) is 28.9 Å². The van der Waals surface area contributed by atoms with Gasteiger partial charge in [0.15, 0.2) is 6.29 Å². The van der Waals surface area contributed by atoms with E-state index in [2.05, 4.69) is 43.0 Å². The highest BCUT2D eigenvalue weighted by Crippen LogP contribution is 2.33. The molecule has 3 heteroatoms. The van der Waals surface area contributed by atoms with Crippen molar-refractivity contribution in [2.45, 2.75) is 20.8 Å². The Labute approximate surface area is 145 Å². The van der Waals surface area contributed by atoms with Crippen LogP contribution in [0.5, 0.6) is 0 Å². The summed E-state index contributed by atoms with van der Waals surface area (Å²) < 4.78 is 0. The molecule has 0 aromatic heterocycles. The number of allylic oxidation sites excluding steroid dienone is 2. The number of anilines is 2. The van der Waals surface area contributed by atoms with Gasteiger partial charge in [-0.15, -0.1) is 0 Å². The minimum absolute atomic E-state index is 0.714. The zero-order valence-electron chi connectivity index (χ0n) is 15.4. The van der Waals surface area contributed by atoms with Crippen molar-refractivity contribution >= 4 is 23.2 Å². The molecule has 3 nitrogen and oxygen atoms in total. The van der Waals surface area contributed by atoms with Gasteiger partial charge in [0.2, 0.25) is 0 Å². The van der Waals surface area contributed by atoms with Gasteiger partial charge in [0, 0.05) is 49.4 Å². The SMILES string of the molecule is C/C(=C(/C=O)c1ccccc1N(C)c1ccc(C)c(C)c1)N(C)C. The molecule has 2 aromatic rings. The maximum absolute atomic E-state index is 11.8. The van der Waals surface area contributed by atoms with Crippen LogP contribution in [0.2, 0.25) is 0 Å². The lowest BCUT2D eigenvalue weighted by Gasteiger charge is -2.25. The van der Waals surface area contributed by atoms with Crippen LogP contribution < -0.4 is 4.90 Å². The number of aryl methyl sites for hydroxylation is 2. The number of rotatable bonds is 5. The average Bonchev–Trinajstić information content (AvgIpc) is 2.57. The molecule has 24 heavy (non-hydrogen) atoms. The predicted molar refractivity (Wildman–Crippen MR) is 103 cm³/mol. The first-order chi connectivity index (χ1) is 11.4. The molecule has 0 aliphatic heterocycles. The highest BCUT2D eigenvalue weighted by molar-refractivity contribution is 6.10. The van der Waals surface area contributed by atoms with Crippen LogP contribution in [0.1, 0.15) is 23.6 Å². The van der Waals surface area contributed by atoms with Crippen LogP contribution in [-0.2, 0) is 4.79 Å². The molecule has 2 rings (SSSR count). The first kappa shape index (κ1) is 17.8. The van der Waals surface area contributed by atoms with Crippen molar-refractivity contribution in [3.8, 4) is 0 Å². The van der Waals surface area contributed by atoms with Gasteiger partial charge in [0.25, 0.3) is 0 Å². The Morgan fingerprint density at radius 1 is 0.958 bits per heavy atom. The standard InChI is InChI=1S/C21H26N2O/c1-15-11-12-18(13-16(15)2)23(6)21-10-8-7-9-19(21)20(14-24)17(3)22(4)5/h7-14H,1-6H3/b20-17+. The van der Waals surface area contributed by atoms with Gasteiger partial charge in [-0.25, -0.2) is 0 Å². The lowest BCUT2D eigenvalue weighted by atomic mass is 10.0. The maximum Gasteiger partial charge on any atom is 0.152 e. The van der Waals surface area contributed by atoms with Crippen molar-refractivity contribution in [1.82, 2.24) is 4.90 Å². The van der Waals surface area contributed by atoms with E-state index >= 15 is 0 Å². The number of carbonyl (C=O) groups excluding carboxylic acids is 1. The van der Waals surface area contributed by atoms with Crippen LogP contribution in [0.4, 0.5) is 11.4 Å². The molecule has 0 aliphatic carbocycles. The average molecular weight is 322 g/mol. The number of hydrogen-bond donors (Lipinski definition) is 0. The summed E-state index contributed by atoms with van der Waals surface area (Å²) in [6.45, 7) is 6.20. The molecule has 0 bridgehead atoms. The molecular weight excluding hydrogens is 296 g/mol. The monoisotopic (exact) mass is 322 g/mol. The molecule has 0 aliphatic rings. The molecule has 0 fully saturated rings. The maximum atomic E-state index is 11.8. The smallest absolute Gasteiger partial charge is 0.152 e. The summed E-state index contributed by atoms with van der Waals surface area (Å²) in [4.78, 5) is 15.9. The van der Waals surface area contributed by atoms with E-state index in [1.165, 1.54) is 11.1 Å². The van der Waals surface area contributed by atoms with E-state index in [4.69, 9.17) is 0 Å². The second-order valence-corrected chi connectivity index (χ2v) is 6.36. The molecule has 0 unspecified atom stereocenters. The van der Waals surface area contributed by atoms with Crippen molar-refractivity contribution in [2.75, 3.05) is 26.0 Å². The van der Waals surface area contributed by atoms with Gasteiger partial charge < -0.3 is 9.80 Å².